The molecular formula is C20H27N11O. The Morgan fingerprint density at radius 2 is 1.97 bits per heavy atom. The number of tetrazole rings is 1. The number of carbonyl (C=O) groups excluding carboxylic acids is 1. The van der Waals surface area contributed by atoms with E-state index >= 15 is 0 Å². The van der Waals surface area contributed by atoms with Crippen molar-refractivity contribution in [3.8, 4) is 0 Å². The Morgan fingerprint density at radius 3 is 2.72 bits per heavy atom. The van der Waals surface area contributed by atoms with Crippen LogP contribution in [0.5, 0.6) is 0 Å². The van der Waals surface area contributed by atoms with E-state index in [1.165, 1.54) is 23.3 Å². The molecule has 168 valence electrons. The summed E-state index contributed by atoms with van der Waals surface area (Å²) in [4.78, 5) is 22.4. The van der Waals surface area contributed by atoms with Crippen molar-refractivity contribution in [2.24, 2.45) is 7.05 Å². The second kappa shape index (κ2) is 8.99. The summed E-state index contributed by atoms with van der Waals surface area (Å²) in [5, 5.41) is 28.6. The molecule has 2 saturated carbocycles. The minimum absolute atomic E-state index is 0.108. The summed E-state index contributed by atoms with van der Waals surface area (Å²) in [5.74, 6) is 2.72. The molecule has 0 aromatic carbocycles. The Balaban J connectivity index is 1.07. The third-order valence-corrected chi connectivity index (χ3v) is 5.90. The molecule has 2 aliphatic carbocycles. The number of anilines is 2. The van der Waals surface area contributed by atoms with Crippen molar-refractivity contribution in [2.75, 3.05) is 5.32 Å². The zero-order chi connectivity index (χ0) is 21.9. The zero-order valence-corrected chi connectivity index (χ0v) is 18.0. The first-order valence-corrected chi connectivity index (χ1v) is 11.0. The Labute approximate surface area is 185 Å². The molecule has 2 aliphatic rings. The second-order valence-electron chi connectivity index (χ2n) is 8.47. The van der Waals surface area contributed by atoms with Gasteiger partial charge >= 0.3 is 0 Å². The molecule has 2 fully saturated rings. The molecule has 0 saturated heterocycles. The average molecular weight is 438 g/mol. The highest BCUT2D eigenvalue weighted by atomic mass is 16.2. The first-order valence-electron chi connectivity index (χ1n) is 11.0. The normalized spacial score (nSPS) is 20.8. The first-order chi connectivity index (χ1) is 15.6. The van der Waals surface area contributed by atoms with Crippen LogP contribution in [0.3, 0.4) is 0 Å². The second-order valence-corrected chi connectivity index (χ2v) is 8.47. The molecule has 0 atom stereocenters. The van der Waals surface area contributed by atoms with Gasteiger partial charge in [0.25, 0.3) is 11.7 Å². The van der Waals surface area contributed by atoms with Crippen LogP contribution < -0.4 is 16.0 Å². The highest BCUT2D eigenvalue weighted by molar-refractivity contribution is 5.90. The molecule has 0 aliphatic heterocycles. The Bertz CT molecular complexity index is 1060. The van der Waals surface area contributed by atoms with Gasteiger partial charge in [0.15, 0.2) is 5.82 Å². The lowest BCUT2D eigenvalue weighted by Gasteiger charge is -2.29. The van der Waals surface area contributed by atoms with Crippen molar-refractivity contribution in [3.63, 3.8) is 0 Å². The summed E-state index contributed by atoms with van der Waals surface area (Å²) in [6, 6.07) is 4.39. The van der Waals surface area contributed by atoms with Gasteiger partial charge in [-0.3, -0.25) is 9.89 Å². The van der Waals surface area contributed by atoms with E-state index < -0.39 is 0 Å². The average Bonchev–Trinajstić information content (AvgIpc) is 3.39. The van der Waals surface area contributed by atoms with Gasteiger partial charge in [-0.15, -0.1) is 10.2 Å². The van der Waals surface area contributed by atoms with Crippen molar-refractivity contribution >= 4 is 17.5 Å². The van der Waals surface area contributed by atoms with Gasteiger partial charge in [0.05, 0.1) is 13.6 Å². The lowest BCUT2D eigenvalue weighted by molar-refractivity contribution is 0.0913. The number of aromatic amines is 1. The van der Waals surface area contributed by atoms with Crippen molar-refractivity contribution in [3.05, 3.63) is 35.7 Å². The van der Waals surface area contributed by atoms with Gasteiger partial charge in [0.1, 0.15) is 11.6 Å². The van der Waals surface area contributed by atoms with E-state index in [-0.39, 0.29) is 17.8 Å². The maximum Gasteiger partial charge on any atom is 0.293 e. The van der Waals surface area contributed by atoms with E-state index in [2.05, 4.69) is 57.6 Å². The summed E-state index contributed by atoms with van der Waals surface area (Å²) in [6.45, 7) is 0.592. The number of carbonyl (C=O) groups is 1. The smallest absolute Gasteiger partial charge is 0.293 e. The van der Waals surface area contributed by atoms with Crippen LogP contribution in [0, 0.1) is 0 Å². The number of hydrogen-bond donors (Lipinski definition) is 4. The third kappa shape index (κ3) is 5.07. The molecule has 0 radical (unpaired) electrons. The van der Waals surface area contributed by atoms with Crippen molar-refractivity contribution in [2.45, 2.75) is 63.1 Å². The van der Waals surface area contributed by atoms with Crippen molar-refractivity contribution in [1.29, 1.82) is 0 Å². The quantitative estimate of drug-likeness (QED) is 0.407. The molecule has 5 rings (SSSR count). The predicted octanol–water partition coefficient (Wildman–Crippen LogP) is 1.18. The summed E-state index contributed by atoms with van der Waals surface area (Å²) in [5.41, 5.74) is 1.18. The Morgan fingerprint density at radius 1 is 1.16 bits per heavy atom. The number of rotatable bonds is 8. The Hall–Kier alpha value is -3.41. The number of amides is 1. The molecule has 1 amide bonds. The molecule has 3 heterocycles. The van der Waals surface area contributed by atoms with Crippen LogP contribution in [0.15, 0.2) is 18.3 Å². The Kier molecular flexibility index (Phi) is 5.75. The van der Waals surface area contributed by atoms with Crippen LogP contribution in [0.4, 0.5) is 11.6 Å². The fourth-order valence-electron chi connectivity index (χ4n) is 3.99. The molecule has 0 spiro atoms. The van der Waals surface area contributed by atoms with Gasteiger partial charge in [-0.2, -0.15) is 9.90 Å². The topological polar surface area (TPSA) is 151 Å². The number of H-pyrrole nitrogens is 1. The van der Waals surface area contributed by atoms with Crippen LogP contribution in [-0.2, 0) is 13.6 Å². The molecule has 3 aromatic rings. The van der Waals surface area contributed by atoms with E-state index in [0.29, 0.717) is 18.5 Å². The number of aryl methyl sites for hydroxylation is 1. The van der Waals surface area contributed by atoms with E-state index in [1.54, 1.807) is 13.2 Å². The monoisotopic (exact) mass is 437 g/mol. The number of aromatic nitrogens is 8. The van der Waals surface area contributed by atoms with Crippen molar-refractivity contribution < 1.29 is 4.79 Å². The SMILES string of the molecule is Cn1nnc(C(=O)NC2CCC(NCc3nccc(Nc4cc(C5CC5)[nH]n4)n3)CC2)n1. The van der Waals surface area contributed by atoms with E-state index in [4.69, 9.17) is 0 Å². The third-order valence-electron chi connectivity index (χ3n) is 5.90. The number of nitrogens with zero attached hydrogens (tertiary/aromatic N) is 7. The molecule has 32 heavy (non-hydrogen) atoms. The van der Waals surface area contributed by atoms with Gasteiger partial charge in [-0.25, -0.2) is 9.97 Å². The number of hydrogen-bond acceptors (Lipinski definition) is 9. The minimum Gasteiger partial charge on any atom is -0.346 e. The highest BCUT2D eigenvalue weighted by Crippen LogP contribution is 2.39. The highest BCUT2D eigenvalue weighted by Gasteiger charge is 2.26. The molecule has 12 nitrogen and oxygen atoms in total. The van der Waals surface area contributed by atoms with Gasteiger partial charge < -0.3 is 16.0 Å². The molecule has 3 aromatic heterocycles. The minimum atomic E-state index is -0.270. The maximum atomic E-state index is 12.2. The molecular weight excluding hydrogens is 410 g/mol. The molecule has 4 N–H and O–H groups in total. The van der Waals surface area contributed by atoms with Gasteiger partial charge in [-0.1, -0.05) is 0 Å². The van der Waals surface area contributed by atoms with Gasteiger partial charge in [0, 0.05) is 36.0 Å². The fourth-order valence-corrected chi connectivity index (χ4v) is 3.99. The predicted molar refractivity (Wildman–Crippen MR) is 115 cm³/mol. The standard InChI is InChI=1S/C20H27N11O/c1-31-29-19(28-30-31)20(32)23-14-6-4-13(5-7-14)22-11-18-21-9-8-16(25-18)24-17-10-15(26-27-17)12-2-3-12/h8-10,12-14,22H,2-7,11H2,1H3,(H,23,32)(H2,21,24,25,26,27). The summed E-state index contributed by atoms with van der Waals surface area (Å²) in [6.07, 6.45) is 7.95. The first kappa shape index (κ1) is 20.5. The zero-order valence-electron chi connectivity index (χ0n) is 18.0. The van der Waals surface area contributed by atoms with Crippen molar-refractivity contribution in [1.82, 2.24) is 51.0 Å². The molecule has 0 bridgehead atoms. The summed E-state index contributed by atoms with van der Waals surface area (Å²) < 4.78 is 0. The lowest BCUT2D eigenvalue weighted by Crippen LogP contribution is -2.42. The maximum absolute atomic E-state index is 12.2. The molecule has 12 heteroatoms. The summed E-state index contributed by atoms with van der Waals surface area (Å²) >= 11 is 0. The van der Waals surface area contributed by atoms with Crippen LogP contribution in [0.1, 0.15) is 66.6 Å². The van der Waals surface area contributed by atoms with Gasteiger partial charge in [0.2, 0.25) is 0 Å². The van der Waals surface area contributed by atoms with E-state index in [1.807, 2.05) is 6.07 Å². The van der Waals surface area contributed by atoms with Crippen LogP contribution in [0.25, 0.3) is 0 Å². The largest absolute Gasteiger partial charge is 0.346 e. The van der Waals surface area contributed by atoms with Gasteiger partial charge in [-0.05, 0) is 49.8 Å². The van der Waals surface area contributed by atoms with Crippen LogP contribution in [0.2, 0.25) is 0 Å². The van der Waals surface area contributed by atoms with E-state index in [9.17, 15) is 4.79 Å². The van der Waals surface area contributed by atoms with Crippen LogP contribution in [-0.4, -0.2) is 58.4 Å². The fraction of sp³-hybridized carbons (Fsp3) is 0.550. The van der Waals surface area contributed by atoms with Crippen LogP contribution >= 0.6 is 0 Å². The van der Waals surface area contributed by atoms with E-state index in [0.717, 1.165) is 43.1 Å². The molecule has 0 unspecified atom stereocenters. The number of nitrogens with one attached hydrogen (secondary N) is 4. The lowest BCUT2D eigenvalue weighted by atomic mass is 9.91. The summed E-state index contributed by atoms with van der Waals surface area (Å²) in [7, 11) is 1.64.